The molecule has 0 aliphatic rings. The Morgan fingerprint density at radius 2 is 2.33 bits per heavy atom. The fourth-order valence-corrected chi connectivity index (χ4v) is 0.923. The monoisotopic (exact) mass is 159 g/mol. The third-order valence-corrected chi connectivity index (χ3v) is 1.98. The molecule has 0 unspecified atom stereocenters. The minimum atomic E-state index is 0.627. The number of hydrogen-bond acceptors (Lipinski definition) is 1. The molecular weight excluding hydrogens is 154 g/mol. The van der Waals surface area contributed by atoms with Crippen molar-refractivity contribution in [3.05, 3.63) is 27.5 Å². The van der Waals surface area contributed by atoms with Crippen LogP contribution in [-0.2, 0) is 0 Å². The first-order valence-corrected chi connectivity index (χ1v) is 3.34. The van der Waals surface area contributed by atoms with Crippen LogP contribution < -0.4 is 0 Å². The highest BCUT2D eigenvalue weighted by molar-refractivity contribution is 7.71. The zero-order chi connectivity index (χ0) is 6.85. The van der Waals surface area contributed by atoms with Gasteiger partial charge < -0.3 is 4.98 Å². The summed E-state index contributed by atoms with van der Waals surface area (Å²) in [7, 11) is 0. The molecule has 0 aromatic carbocycles. The van der Waals surface area contributed by atoms with Gasteiger partial charge in [0.15, 0.2) is 0 Å². The molecule has 0 amide bonds. The number of nitrogens with one attached hydrogen (secondary N) is 1. The van der Waals surface area contributed by atoms with Gasteiger partial charge in [-0.2, -0.15) is 0 Å². The molecule has 0 saturated carbocycles. The second-order valence-corrected chi connectivity index (χ2v) is 2.60. The molecule has 1 rings (SSSR count). The van der Waals surface area contributed by atoms with Crippen molar-refractivity contribution in [3.8, 4) is 0 Å². The van der Waals surface area contributed by atoms with E-state index in [1.807, 2.05) is 13.0 Å². The van der Waals surface area contributed by atoms with Gasteiger partial charge in [0, 0.05) is 16.3 Å². The maximum absolute atomic E-state index is 5.69. The average molecular weight is 160 g/mol. The molecule has 3 heteroatoms. The van der Waals surface area contributed by atoms with E-state index in [1.54, 1.807) is 6.20 Å². The lowest BCUT2D eigenvalue weighted by Crippen LogP contribution is -1.79. The number of pyridine rings is 1. The minimum Gasteiger partial charge on any atom is -0.352 e. The number of H-pyrrole nitrogens is 1. The van der Waals surface area contributed by atoms with Gasteiger partial charge in [-0.05, 0) is 13.0 Å². The van der Waals surface area contributed by atoms with Crippen molar-refractivity contribution < 1.29 is 0 Å². The van der Waals surface area contributed by atoms with Crippen molar-refractivity contribution in [1.82, 2.24) is 4.98 Å². The van der Waals surface area contributed by atoms with E-state index in [0.29, 0.717) is 5.15 Å². The number of aromatic nitrogens is 1. The van der Waals surface area contributed by atoms with Gasteiger partial charge in [0.1, 0.15) is 5.15 Å². The van der Waals surface area contributed by atoms with E-state index < -0.39 is 0 Å². The molecule has 1 heterocycles. The van der Waals surface area contributed by atoms with Gasteiger partial charge in [0.2, 0.25) is 0 Å². The molecule has 0 bridgehead atoms. The molecule has 1 nitrogen and oxygen atoms in total. The van der Waals surface area contributed by atoms with Crippen molar-refractivity contribution in [1.29, 1.82) is 0 Å². The van der Waals surface area contributed by atoms with Crippen molar-refractivity contribution in [2.75, 3.05) is 0 Å². The van der Waals surface area contributed by atoms with Crippen LogP contribution >= 0.6 is 23.8 Å². The van der Waals surface area contributed by atoms with Crippen LogP contribution in [0.2, 0.25) is 5.15 Å². The average Bonchev–Trinajstić information content (AvgIpc) is 1.83. The summed E-state index contributed by atoms with van der Waals surface area (Å²) in [6, 6.07) is 1.82. The molecule has 0 spiro atoms. The maximum Gasteiger partial charge on any atom is 0.110 e. The Bertz CT molecular complexity index is 266. The quantitative estimate of drug-likeness (QED) is 0.455. The molecule has 1 aromatic heterocycles. The SMILES string of the molecule is Cc1c(Cl)[nH]ccc1=S. The topological polar surface area (TPSA) is 15.8 Å². The van der Waals surface area contributed by atoms with Crippen LogP contribution in [0.1, 0.15) is 5.56 Å². The van der Waals surface area contributed by atoms with Gasteiger partial charge in [-0.3, -0.25) is 0 Å². The van der Waals surface area contributed by atoms with E-state index >= 15 is 0 Å². The Labute approximate surface area is 63.7 Å². The van der Waals surface area contributed by atoms with E-state index in [0.717, 1.165) is 10.1 Å². The third-order valence-electron chi connectivity index (χ3n) is 1.14. The Kier molecular flexibility index (Phi) is 1.88. The summed E-state index contributed by atoms with van der Waals surface area (Å²) in [5, 5.41) is 0.627. The molecule has 48 valence electrons. The largest absolute Gasteiger partial charge is 0.352 e. The summed E-state index contributed by atoms with van der Waals surface area (Å²) in [5.74, 6) is 0. The van der Waals surface area contributed by atoms with Gasteiger partial charge in [-0.25, -0.2) is 0 Å². The molecule has 0 saturated heterocycles. The smallest absolute Gasteiger partial charge is 0.110 e. The standard InChI is InChI=1S/C6H6ClNS/c1-4-5(9)2-3-8-6(4)7/h2-3H,1H3,(H,8,9). The first-order valence-electron chi connectivity index (χ1n) is 2.55. The Hall–Kier alpha value is -0.340. The lowest BCUT2D eigenvalue weighted by Gasteiger charge is -1.93. The molecule has 1 N–H and O–H groups in total. The molecule has 0 atom stereocenters. The maximum atomic E-state index is 5.69. The first kappa shape index (κ1) is 6.78. The third kappa shape index (κ3) is 1.32. The van der Waals surface area contributed by atoms with Crippen LogP contribution in [0.4, 0.5) is 0 Å². The molecular formula is C6H6ClNS. The molecule has 0 aliphatic heterocycles. The van der Waals surface area contributed by atoms with Crippen molar-refractivity contribution in [3.63, 3.8) is 0 Å². The molecule has 1 aromatic rings. The van der Waals surface area contributed by atoms with E-state index in [4.69, 9.17) is 23.8 Å². The summed E-state index contributed by atoms with van der Waals surface area (Å²) < 4.78 is 0.804. The van der Waals surface area contributed by atoms with E-state index in [9.17, 15) is 0 Å². The fourth-order valence-electron chi connectivity index (χ4n) is 0.532. The summed E-state index contributed by atoms with van der Waals surface area (Å²) in [5.41, 5.74) is 0.939. The number of aromatic amines is 1. The normalized spacial score (nSPS) is 9.56. The van der Waals surface area contributed by atoms with Crippen LogP contribution in [0.5, 0.6) is 0 Å². The van der Waals surface area contributed by atoms with Gasteiger partial charge in [-0.15, -0.1) is 0 Å². The summed E-state index contributed by atoms with van der Waals surface area (Å²) in [4.78, 5) is 2.84. The Morgan fingerprint density at radius 3 is 2.78 bits per heavy atom. The lowest BCUT2D eigenvalue weighted by atomic mass is 10.3. The Morgan fingerprint density at radius 1 is 1.67 bits per heavy atom. The molecule has 0 aliphatic carbocycles. The molecule has 0 fully saturated rings. The zero-order valence-electron chi connectivity index (χ0n) is 4.94. The van der Waals surface area contributed by atoms with E-state index in [1.165, 1.54) is 0 Å². The molecule has 9 heavy (non-hydrogen) atoms. The van der Waals surface area contributed by atoms with Crippen molar-refractivity contribution in [2.24, 2.45) is 0 Å². The highest BCUT2D eigenvalue weighted by atomic mass is 35.5. The van der Waals surface area contributed by atoms with Gasteiger partial charge in [0.05, 0.1) is 0 Å². The lowest BCUT2D eigenvalue weighted by molar-refractivity contribution is 1.26. The van der Waals surface area contributed by atoms with Crippen LogP contribution in [0, 0.1) is 11.4 Å². The highest BCUT2D eigenvalue weighted by Gasteiger charge is 1.91. The van der Waals surface area contributed by atoms with Crippen LogP contribution in [0.25, 0.3) is 0 Å². The van der Waals surface area contributed by atoms with Crippen LogP contribution in [0.15, 0.2) is 12.3 Å². The van der Waals surface area contributed by atoms with Crippen molar-refractivity contribution in [2.45, 2.75) is 6.92 Å². The second-order valence-electron chi connectivity index (χ2n) is 1.78. The second kappa shape index (κ2) is 2.50. The first-order chi connectivity index (χ1) is 4.22. The number of halogens is 1. The number of hydrogen-bond donors (Lipinski definition) is 1. The fraction of sp³-hybridized carbons (Fsp3) is 0.167. The number of rotatable bonds is 0. The highest BCUT2D eigenvalue weighted by Crippen LogP contribution is 2.10. The van der Waals surface area contributed by atoms with Crippen LogP contribution in [0.3, 0.4) is 0 Å². The zero-order valence-corrected chi connectivity index (χ0v) is 6.51. The predicted octanol–water partition coefficient (Wildman–Crippen LogP) is 2.71. The minimum absolute atomic E-state index is 0.627. The Balaban J connectivity index is 3.43. The van der Waals surface area contributed by atoms with Gasteiger partial charge in [-0.1, -0.05) is 23.8 Å². The summed E-state index contributed by atoms with van der Waals surface area (Å²) in [6.45, 7) is 1.89. The predicted molar refractivity (Wildman–Crippen MR) is 41.4 cm³/mol. The van der Waals surface area contributed by atoms with E-state index in [2.05, 4.69) is 4.98 Å². The van der Waals surface area contributed by atoms with E-state index in [-0.39, 0.29) is 0 Å². The van der Waals surface area contributed by atoms with Gasteiger partial charge in [0.25, 0.3) is 0 Å². The van der Waals surface area contributed by atoms with Gasteiger partial charge >= 0.3 is 0 Å². The van der Waals surface area contributed by atoms with Crippen molar-refractivity contribution >= 4 is 23.8 Å². The van der Waals surface area contributed by atoms with Crippen LogP contribution in [-0.4, -0.2) is 4.98 Å². The summed E-state index contributed by atoms with van der Waals surface area (Å²) >= 11 is 10.6. The summed E-state index contributed by atoms with van der Waals surface area (Å²) in [6.07, 6.45) is 1.73. The molecule has 0 radical (unpaired) electrons.